The van der Waals surface area contributed by atoms with Gasteiger partial charge in [-0.3, -0.25) is 4.98 Å². The van der Waals surface area contributed by atoms with Crippen LogP contribution in [0, 0.1) is 6.92 Å². The van der Waals surface area contributed by atoms with Gasteiger partial charge in [0.05, 0.1) is 11.2 Å². The van der Waals surface area contributed by atoms with Crippen LogP contribution < -0.4 is 10.1 Å². The number of hydrogen-bond acceptors (Lipinski definition) is 3. The summed E-state index contributed by atoms with van der Waals surface area (Å²) in [6.45, 7) is 6.99. The van der Waals surface area contributed by atoms with Crippen LogP contribution in [0.1, 0.15) is 25.0 Å². The molecule has 1 N–H and O–H groups in total. The Morgan fingerprint density at radius 3 is 2.80 bits per heavy atom. The van der Waals surface area contributed by atoms with Crippen molar-refractivity contribution in [2.75, 3.05) is 0 Å². The van der Waals surface area contributed by atoms with E-state index in [1.165, 1.54) is 0 Å². The Morgan fingerprint density at radius 2 is 2.05 bits per heavy atom. The highest BCUT2D eigenvalue weighted by molar-refractivity contribution is 6.32. The normalized spacial score (nSPS) is 10.8. The lowest BCUT2D eigenvalue weighted by Crippen LogP contribution is -2.21. The smallest absolute Gasteiger partial charge is 0.146 e. The van der Waals surface area contributed by atoms with Crippen LogP contribution in [0.25, 0.3) is 0 Å². The minimum Gasteiger partial charge on any atom is -0.454 e. The Kier molecular flexibility index (Phi) is 4.99. The van der Waals surface area contributed by atoms with E-state index in [2.05, 4.69) is 24.1 Å². The van der Waals surface area contributed by atoms with Crippen molar-refractivity contribution < 1.29 is 4.74 Å². The second-order valence-electron chi connectivity index (χ2n) is 5.10. The molecule has 1 aromatic heterocycles. The summed E-state index contributed by atoms with van der Waals surface area (Å²) >= 11 is 6.13. The molecule has 2 rings (SSSR count). The highest BCUT2D eigenvalue weighted by Crippen LogP contribution is 2.30. The minimum atomic E-state index is 0.436. The van der Waals surface area contributed by atoms with Gasteiger partial charge in [0.25, 0.3) is 0 Å². The van der Waals surface area contributed by atoms with Crippen LogP contribution in [0.3, 0.4) is 0 Å². The van der Waals surface area contributed by atoms with E-state index in [4.69, 9.17) is 16.3 Å². The summed E-state index contributed by atoms with van der Waals surface area (Å²) in [7, 11) is 0. The largest absolute Gasteiger partial charge is 0.454 e. The van der Waals surface area contributed by atoms with Crippen molar-refractivity contribution in [2.45, 2.75) is 33.4 Å². The van der Waals surface area contributed by atoms with Gasteiger partial charge in [-0.25, -0.2) is 0 Å². The monoisotopic (exact) mass is 290 g/mol. The van der Waals surface area contributed by atoms with E-state index in [1.54, 1.807) is 6.20 Å². The average Bonchev–Trinajstić information content (AvgIpc) is 2.41. The molecule has 4 heteroatoms. The molecule has 0 aliphatic heterocycles. The average molecular weight is 291 g/mol. The molecule has 0 aliphatic rings. The third-order valence-electron chi connectivity index (χ3n) is 2.80. The number of nitrogens with one attached hydrogen (secondary N) is 1. The molecule has 0 saturated carbocycles. The van der Waals surface area contributed by atoms with Gasteiger partial charge in [0.15, 0.2) is 0 Å². The zero-order chi connectivity index (χ0) is 14.5. The van der Waals surface area contributed by atoms with Crippen LogP contribution in [-0.2, 0) is 6.54 Å². The number of pyridine rings is 1. The first-order valence-corrected chi connectivity index (χ1v) is 7.03. The molecule has 1 aromatic carbocycles. The number of hydrogen-bond donors (Lipinski definition) is 1. The Hall–Kier alpha value is -1.58. The summed E-state index contributed by atoms with van der Waals surface area (Å²) in [5, 5.41) is 3.95. The van der Waals surface area contributed by atoms with Crippen molar-refractivity contribution in [1.29, 1.82) is 0 Å². The first-order chi connectivity index (χ1) is 9.54. The second kappa shape index (κ2) is 6.73. The van der Waals surface area contributed by atoms with Gasteiger partial charge in [-0.1, -0.05) is 31.5 Å². The Morgan fingerprint density at radius 1 is 1.25 bits per heavy atom. The van der Waals surface area contributed by atoms with Gasteiger partial charge in [-0.2, -0.15) is 0 Å². The minimum absolute atomic E-state index is 0.436. The van der Waals surface area contributed by atoms with E-state index >= 15 is 0 Å². The van der Waals surface area contributed by atoms with Crippen LogP contribution >= 0.6 is 11.6 Å². The molecular formula is C16H19ClN2O. The maximum Gasteiger partial charge on any atom is 0.146 e. The summed E-state index contributed by atoms with van der Waals surface area (Å²) < 4.78 is 5.82. The third kappa shape index (κ3) is 4.22. The molecule has 0 saturated heterocycles. The van der Waals surface area contributed by atoms with Gasteiger partial charge in [-0.15, -0.1) is 0 Å². The third-order valence-corrected chi connectivity index (χ3v) is 3.11. The molecular weight excluding hydrogens is 272 g/mol. The lowest BCUT2D eigenvalue weighted by molar-refractivity contribution is 0.478. The van der Waals surface area contributed by atoms with Gasteiger partial charge in [0.2, 0.25) is 0 Å². The molecule has 0 amide bonds. The highest BCUT2D eigenvalue weighted by Gasteiger charge is 2.05. The summed E-state index contributed by atoms with van der Waals surface area (Å²) in [6, 6.07) is 8.12. The van der Waals surface area contributed by atoms with Crippen molar-refractivity contribution in [3.63, 3.8) is 0 Å². The van der Waals surface area contributed by atoms with E-state index in [0.29, 0.717) is 22.6 Å². The maximum atomic E-state index is 6.13. The van der Waals surface area contributed by atoms with Crippen molar-refractivity contribution >= 4 is 11.6 Å². The Balaban J connectivity index is 2.13. The molecule has 0 aliphatic carbocycles. The van der Waals surface area contributed by atoms with Crippen LogP contribution in [0.5, 0.6) is 11.5 Å². The number of rotatable bonds is 5. The van der Waals surface area contributed by atoms with Crippen LogP contribution in [0.2, 0.25) is 5.02 Å². The number of ether oxygens (including phenoxy) is 1. The predicted octanol–water partition coefficient (Wildman–Crippen LogP) is 4.33. The summed E-state index contributed by atoms with van der Waals surface area (Å²) in [5.41, 5.74) is 2.19. The lowest BCUT2D eigenvalue weighted by Gasteiger charge is -2.11. The molecule has 106 valence electrons. The van der Waals surface area contributed by atoms with E-state index in [0.717, 1.165) is 17.7 Å². The SMILES string of the molecule is Cc1ccc(Cl)c(Oc2cncc(CNC(C)C)c2)c1. The molecule has 0 radical (unpaired) electrons. The quantitative estimate of drug-likeness (QED) is 0.890. The van der Waals surface area contributed by atoms with Crippen LogP contribution in [0.15, 0.2) is 36.7 Å². The van der Waals surface area contributed by atoms with Crippen LogP contribution in [-0.4, -0.2) is 11.0 Å². The number of nitrogens with zero attached hydrogens (tertiary/aromatic N) is 1. The maximum absolute atomic E-state index is 6.13. The Labute approximate surface area is 124 Å². The second-order valence-corrected chi connectivity index (χ2v) is 5.51. The molecule has 2 aromatic rings. The summed E-state index contributed by atoms with van der Waals surface area (Å²) in [4.78, 5) is 4.20. The fraction of sp³-hybridized carbons (Fsp3) is 0.312. The van der Waals surface area contributed by atoms with Gasteiger partial charge < -0.3 is 10.1 Å². The topological polar surface area (TPSA) is 34.1 Å². The van der Waals surface area contributed by atoms with E-state index in [1.807, 2.05) is 37.4 Å². The van der Waals surface area contributed by atoms with E-state index < -0.39 is 0 Å². The lowest BCUT2D eigenvalue weighted by atomic mass is 10.2. The Bertz CT molecular complexity index is 584. The first kappa shape index (κ1) is 14.8. The van der Waals surface area contributed by atoms with Crippen molar-refractivity contribution in [3.05, 3.63) is 52.8 Å². The van der Waals surface area contributed by atoms with Gasteiger partial charge in [0, 0.05) is 18.8 Å². The van der Waals surface area contributed by atoms with E-state index in [9.17, 15) is 0 Å². The predicted molar refractivity (Wildman–Crippen MR) is 82.5 cm³/mol. The van der Waals surface area contributed by atoms with Gasteiger partial charge in [0.1, 0.15) is 11.5 Å². The number of halogens is 1. The van der Waals surface area contributed by atoms with Gasteiger partial charge >= 0.3 is 0 Å². The van der Waals surface area contributed by atoms with Crippen LogP contribution in [0.4, 0.5) is 0 Å². The molecule has 0 fully saturated rings. The number of benzene rings is 1. The molecule has 3 nitrogen and oxygen atoms in total. The fourth-order valence-electron chi connectivity index (χ4n) is 1.75. The highest BCUT2D eigenvalue weighted by atomic mass is 35.5. The first-order valence-electron chi connectivity index (χ1n) is 6.66. The summed E-state index contributed by atoms with van der Waals surface area (Å²) in [6.07, 6.45) is 3.53. The van der Waals surface area contributed by atoms with Gasteiger partial charge in [-0.05, 0) is 36.2 Å². The van der Waals surface area contributed by atoms with Crippen molar-refractivity contribution in [2.24, 2.45) is 0 Å². The molecule has 0 bridgehead atoms. The summed E-state index contributed by atoms with van der Waals surface area (Å²) in [5.74, 6) is 1.35. The fourth-order valence-corrected chi connectivity index (χ4v) is 1.91. The van der Waals surface area contributed by atoms with Crippen molar-refractivity contribution in [1.82, 2.24) is 10.3 Å². The molecule has 1 heterocycles. The number of aryl methyl sites for hydroxylation is 1. The zero-order valence-electron chi connectivity index (χ0n) is 12.0. The van der Waals surface area contributed by atoms with E-state index in [-0.39, 0.29) is 0 Å². The molecule has 0 atom stereocenters. The zero-order valence-corrected chi connectivity index (χ0v) is 12.7. The molecule has 0 spiro atoms. The standard InChI is InChI=1S/C16H19ClN2O/c1-11(2)19-9-13-7-14(10-18-8-13)20-16-6-12(3)4-5-15(16)17/h4-8,10-11,19H,9H2,1-3H3. The molecule has 20 heavy (non-hydrogen) atoms. The molecule has 0 unspecified atom stereocenters. The van der Waals surface area contributed by atoms with Crippen molar-refractivity contribution in [3.8, 4) is 11.5 Å². The number of aromatic nitrogens is 1.